The van der Waals surface area contributed by atoms with Crippen molar-refractivity contribution >= 4 is 39.5 Å². The van der Waals surface area contributed by atoms with Gasteiger partial charge in [0, 0.05) is 17.1 Å². The molecule has 5 nitrogen and oxygen atoms in total. The zero-order valence-electron chi connectivity index (χ0n) is 11.2. The number of amides is 2. The minimum absolute atomic E-state index is 0.00371. The molecule has 3 atom stereocenters. The third-order valence-corrected chi connectivity index (χ3v) is 6.19. The van der Waals surface area contributed by atoms with E-state index < -0.39 is 6.04 Å². The third-order valence-electron chi connectivity index (χ3n) is 3.48. The Labute approximate surface area is 135 Å². The molecule has 2 fully saturated rings. The number of hydrogen-bond acceptors (Lipinski definition) is 4. The van der Waals surface area contributed by atoms with E-state index in [0.717, 1.165) is 11.9 Å². The molecule has 21 heavy (non-hydrogen) atoms. The number of alkyl halides is 1. The van der Waals surface area contributed by atoms with Crippen molar-refractivity contribution in [2.75, 3.05) is 18.5 Å². The van der Waals surface area contributed by atoms with Gasteiger partial charge < -0.3 is 15.0 Å². The SMILES string of the molecule is O=C(COc1ccccc1)NC1C(=O)N2CC(CBr)SC12. The van der Waals surface area contributed by atoms with Crippen LogP contribution in [0.3, 0.4) is 0 Å². The van der Waals surface area contributed by atoms with Gasteiger partial charge in [0.1, 0.15) is 17.2 Å². The van der Waals surface area contributed by atoms with Crippen molar-refractivity contribution in [3.8, 4) is 5.75 Å². The summed E-state index contributed by atoms with van der Waals surface area (Å²) in [6.45, 7) is 0.680. The van der Waals surface area contributed by atoms with Gasteiger partial charge in [-0.2, -0.15) is 0 Å². The van der Waals surface area contributed by atoms with Crippen LogP contribution >= 0.6 is 27.7 Å². The van der Waals surface area contributed by atoms with Crippen molar-refractivity contribution in [3.05, 3.63) is 30.3 Å². The molecule has 0 aliphatic carbocycles. The quantitative estimate of drug-likeness (QED) is 0.625. The van der Waals surface area contributed by atoms with E-state index in [1.165, 1.54) is 0 Å². The van der Waals surface area contributed by atoms with Crippen LogP contribution < -0.4 is 10.1 Å². The number of halogens is 1. The second-order valence-corrected chi connectivity index (χ2v) is 7.01. The molecule has 3 rings (SSSR count). The van der Waals surface area contributed by atoms with Crippen molar-refractivity contribution in [2.24, 2.45) is 0 Å². The predicted octanol–water partition coefficient (Wildman–Crippen LogP) is 1.23. The zero-order valence-corrected chi connectivity index (χ0v) is 13.6. The molecule has 112 valence electrons. The Bertz CT molecular complexity index is 542. The van der Waals surface area contributed by atoms with E-state index in [4.69, 9.17) is 4.74 Å². The first kappa shape index (κ1) is 14.7. The summed E-state index contributed by atoms with van der Waals surface area (Å²) >= 11 is 5.17. The number of ether oxygens (including phenoxy) is 1. The minimum atomic E-state index is -0.411. The number of nitrogens with zero attached hydrogens (tertiary/aromatic N) is 1. The summed E-state index contributed by atoms with van der Waals surface area (Å²) in [5.74, 6) is 0.382. The molecule has 0 saturated carbocycles. The Hall–Kier alpha value is -1.21. The van der Waals surface area contributed by atoms with Crippen LogP contribution in [0.15, 0.2) is 30.3 Å². The highest BCUT2D eigenvalue weighted by Gasteiger charge is 2.53. The first-order chi connectivity index (χ1) is 10.2. The molecule has 2 heterocycles. The van der Waals surface area contributed by atoms with Crippen LogP contribution in [-0.4, -0.2) is 51.9 Å². The Kier molecular flexibility index (Phi) is 4.40. The molecule has 0 spiro atoms. The number of benzene rings is 1. The van der Waals surface area contributed by atoms with E-state index in [1.54, 1.807) is 23.9 Å². The summed E-state index contributed by atoms with van der Waals surface area (Å²) in [5, 5.41) is 4.09. The Morgan fingerprint density at radius 3 is 2.90 bits per heavy atom. The van der Waals surface area contributed by atoms with Gasteiger partial charge in [-0.05, 0) is 12.1 Å². The average Bonchev–Trinajstić information content (AvgIpc) is 2.91. The van der Waals surface area contributed by atoms with Crippen molar-refractivity contribution in [2.45, 2.75) is 16.7 Å². The highest BCUT2D eigenvalue weighted by Crippen LogP contribution is 2.40. The minimum Gasteiger partial charge on any atom is -0.484 e. The van der Waals surface area contributed by atoms with Gasteiger partial charge in [-0.25, -0.2) is 0 Å². The largest absolute Gasteiger partial charge is 0.484 e. The number of nitrogens with one attached hydrogen (secondary N) is 1. The van der Waals surface area contributed by atoms with Gasteiger partial charge in [-0.3, -0.25) is 9.59 Å². The number of thioether (sulfide) groups is 1. The van der Waals surface area contributed by atoms with E-state index in [-0.39, 0.29) is 23.8 Å². The fourth-order valence-corrected chi connectivity index (χ4v) is 4.48. The molecule has 1 aromatic carbocycles. The zero-order chi connectivity index (χ0) is 14.8. The monoisotopic (exact) mass is 370 g/mol. The summed E-state index contributed by atoms with van der Waals surface area (Å²) in [6, 6.07) is 8.73. The molecule has 0 bridgehead atoms. The fourth-order valence-electron chi connectivity index (χ4n) is 2.43. The average molecular weight is 371 g/mol. The standard InChI is InChI=1S/C14H15BrN2O3S/c15-6-10-7-17-13(19)12(14(17)21-10)16-11(18)8-20-9-4-2-1-3-5-9/h1-5,10,12,14H,6-8H2,(H,16,18). The molecular weight excluding hydrogens is 356 g/mol. The highest BCUT2D eigenvalue weighted by atomic mass is 79.9. The molecule has 0 aromatic heterocycles. The van der Waals surface area contributed by atoms with Gasteiger partial charge in [-0.15, -0.1) is 11.8 Å². The van der Waals surface area contributed by atoms with Gasteiger partial charge in [0.2, 0.25) is 5.91 Å². The van der Waals surface area contributed by atoms with Crippen LogP contribution in [0.2, 0.25) is 0 Å². The van der Waals surface area contributed by atoms with Gasteiger partial charge in [0.05, 0.1) is 0 Å². The lowest BCUT2D eigenvalue weighted by Crippen LogP contribution is -2.67. The van der Waals surface area contributed by atoms with E-state index >= 15 is 0 Å². The molecule has 2 amide bonds. The Balaban J connectivity index is 1.48. The number of para-hydroxylation sites is 1. The molecule has 7 heteroatoms. The smallest absolute Gasteiger partial charge is 0.258 e. The van der Waals surface area contributed by atoms with Gasteiger partial charge in [0.15, 0.2) is 6.61 Å². The number of hydrogen-bond donors (Lipinski definition) is 1. The maximum Gasteiger partial charge on any atom is 0.258 e. The van der Waals surface area contributed by atoms with Crippen LogP contribution in [0.5, 0.6) is 5.75 Å². The first-order valence-corrected chi connectivity index (χ1v) is 8.74. The predicted molar refractivity (Wildman–Crippen MR) is 84.5 cm³/mol. The van der Waals surface area contributed by atoms with Crippen LogP contribution in [0.4, 0.5) is 0 Å². The second kappa shape index (κ2) is 6.27. The number of β-lactam (4-membered cyclic amide) rings is 1. The lowest BCUT2D eigenvalue weighted by atomic mass is 10.1. The molecule has 2 aliphatic rings. The molecule has 2 saturated heterocycles. The lowest BCUT2D eigenvalue weighted by Gasteiger charge is -2.41. The Morgan fingerprint density at radius 1 is 1.43 bits per heavy atom. The molecule has 0 radical (unpaired) electrons. The van der Waals surface area contributed by atoms with E-state index in [9.17, 15) is 9.59 Å². The number of fused-ring (bicyclic) bond motifs is 1. The van der Waals surface area contributed by atoms with Crippen molar-refractivity contribution in [1.29, 1.82) is 0 Å². The topological polar surface area (TPSA) is 58.6 Å². The van der Waals surface area contributed by atoms with Crippen LogP contribution in [0.25, 0.3) is 0 Å². The van der Waals surface area contributed by atoms with E-state index in [2.05, 4.69) is 21.2 Å². The molecule has 1 N–H and O–H groups in total. The summed E-state index contributed by atoms with van der Waals surface area (Å²) in [7, 11) is 0. The summed E-state index contributed by atoms with van der Waals surface area (Å²) in [4.78, 5) is 25.7. The van der Waals surface area contributed by atoms with Gasteiger partial charge in [0.25, 0.3) is 5.91 Å². The molecule has 1 aromatic rings. The summed E-state index contributed by atoms with van der Waals surface area (Å²) in [5.41, 5.74) is 0. The van der Waals surface area contributed by atoms with Crippen molar-refractivity contribution in [1.82, 2.24) is 10.2 Å². The van der Waals surface area contributed by atoms with Crippen molar-refractivity contribution < 1.29 is 14.3 Å². The maximum atomic E-state index is 12.0. The number of carbonyl (C=O) groups is 2. The summed E-state index contributed by atoms with van der Waals surface area (Å²) < 4.78 is 5.37. The molecule has 2 aliphatic heterocycles. The van der Waals surface area contributed by atoms with Crippen LogP contribution in [-0.2, 0) is 9.59 Å². The van der Waals surface area contributed by atoms with Gasteiger partial charge >= 0.3 is 0 Å². The van der Waals surface area contributed by atoms with E-state index in [1.807, 2.05) is 23.1 Å². The van der Waals surface area contributed by atoms with Crippen LogP contribution in [0, 0.1) is 0 Å². The van der Waals surface area contributed by atoms with Crippen LogP contribution in [0.1, 0.15) is 0 Å². The maximum absolute atomic E-state index is 12.0. The molecule has 3 unspecified atom stereocenters. The second-order valence-electron chi connectivity index (χ2n) is 4.94. The number of carbonyl (C=O) groups excluding carboxylic acids is 2. The summed E-state index contributed by atoms with van der Waals surface area (Å²) in [6.07, 6.45) is 0. The lowest BCUT2D eigenvalue weighted by molar-refractivity contribution is -0.147. The fraction of sp³-hybridized carbons (Fsp3) is 0.429. The highest BCUT2D eigenvalue weighted by molar-refractivity contribution is 9.09. The van der Waals surface area contributed by atoms with Crippen molar-refractivity contribution in [3.63, 3.8) is 0 Å². The van der Waals surface area contributed by atoms with E-state index in [0.29, 0.717) is 11.0 Å². The first-order valence-electron chi connectivity index (χ1n) is 6.68. The normalized spacial score (nSPS) is 27.0. The number of rotatable bonds is 5. The van der Waals surface area contributed by atoms with Gasteiger partial charge in [-0.1, -0.05) is 34.1 Å². The third kappa shape index (κ3) is 3.03. The Morgan fingerprint density at radius 2 is 2.19 bits per heavy atom. The molecular formula is C14H15BrN2O3S.